The predicted molar refractivity (Wildman–Crippen MR) is 150 cm³/mol. The van der Waals surface area contributed by atoms with E-state index in [-0.39, 0.29) is 18.3 Å². The fourth-order valence-corrected chi connectivity index (χ4v) is 4.98. The number of benzene rings is 3. The van der Waals surface area contributed by atoms with Gasteiger partial charge >= 0.3 is 0 Å². The van der Waals surface area contributed by atoms with Crippen LogP contribution in [0.4, 0.5) is 10.2 Å². The number of aryl methyl sites for hydroxylation is 1. The number of hydrogen-bond acceptors (Lipinski definition) is 5. The second kappa shape index (κ2) is 10.6. The Hall–Kier alpha value is -4.72. The molecule has 0 saturated carbocycles. The van der Waals surface area contributed by atoms with Gasteiger partial charge in [-0.3, -0.25) is 4.79 Å². The minimum atomic E-state index is -0.477. The number of rotatable bonds is 6. The molecular weight excluding hydrogens is 493 g/mol. The number of hydrogen-bond donors (Lipinski definition) is 0. The zero-order chi connectivity index (χ0) is 26.8. The first-order valence-corrected chi connectivity index (χ1v) is 13.0. The summed E-state index contributed by atoms with van der Waals surface area (Å²) < 4.78 is 21.4. The van der Waals surface area contributed by atoms with Crippen molar-refractivity contribution in [2.75, 3.05) is 37.7 Å². The summed E-state index contributed by atoms with van der Waals surface area (Å²) in [5.41, 5.74) is 5.20. The molecule has 2 aromatic heterocycles. The van der Waals surface area contributed by atoms with Crippen LogP contribution in [0.2, 0.25) is 0 Å². The SMILES string of the molecule is Cc1ccc(-n2cc(-c3ccccc3)c3c(N4CCN(C(=O)COc5ccccc5F)CC4)ncnc32)cc1. The number of halogens is 1. The number of fused-ring (bicyclic) bond motifs is 1. The van der Waals surface area contributed by atoms with E-state index in [0.717, 1.165) is 33.7 Å². The van der Waals surface area contributed by atoms with Crippen LogP contribution in [0.25, 0.3) is 27.8 Å². The van der Waals surface area contributed by atoms with E-state index in [1.165, 1.54) is 17.7 Å². The Labute approximate surface area is 226 Å². The number of aromatic nitrogens is 3. The minimum absolute atomic E-state index is 0.0828. The van der Waals surface area contributed by atoms with E-state index in [2.05, 4.69) is 59.0 Å². The summed E-state index contributed by atoms with van der Waals surface area (Å²) in [6, 6.07) is 24.7. The van der Waals surface area contributed by atoms with Crippen LogP contribution < -0.4 is 9.64 Å². The Bertz CT molecular complexity index is 1610. The lowest BCUT2D eigenvalue weighted by Gasteiger charge is -2.35. The lowest BCUT2D eigenvalue weighted by atomic mass is 10.1. The number of nitrogens with zero attached hydrogens (tertiary/aromatic N) is 5. The predicted octanol–water partition coefficient (Wildman–Crippen LogP) is 5.26. The Balaban J connectivity index is 1.27. The summed E-state index contributed by atoms with van der Waals surface area (Å²) >= 11 is 0. The third kappa shape index (κ3) is 4.93. The molecule has 1 fully saturated rings. The molecule has 0 radical (unpaired) electrons. The van der Waals surface area contributed by atoms with E-state index in [0.29, 0.717) is 26.2 Å². The third-order valence-corrected chi connectivity index (χ3v) is 7.08. The van der Waals surface area contributed by atoms with Gasteiger partial charge in [-0.25, -0.2) is 14.4 Å². The molecule has 39 heavy (non-hydrogen) atoms. The molecule has 8 heteroatoms. The van der Waals surface area contributed by atoms with Gasteiger partial charge in [-0.2, -0.15) is 0 Å². The van der Waals surface area contributed by atoms with Crippen LogP contribution in [0.3, 0.4) is 0 Å². The van der Waals surface area contributed by atoms with Crippen LogP contribution in [-0.2, 0) is 4.79 Å². The highest BCUT2D eigenvalue weighted by atomic mass is 19.1. The van der Waals surface area contributed by atoms with Gasteiger partial charge in [0.2, 0.25) is 0 Å². The highest BCUT2D eigenvalue weighted by Crippen LogP contribution is 2.37. The first-order valence-electron chi connectivity index (χ1n) is 13.0. The van der Waals surface area contributed by atoms with Crippen LogP contribution in [-0.4, -0.2) is 58.1 Å². The molecule has 0 spiro atoms. The lowest BCUT2D eigenvalue weighted by Crippen LogP contribution is -2.50. The molecule has 0 atom stereocenters. The zero-order valence-corrected chi connectivity index (χ0v) is 21.6. The van der Waals surface area contributed by atoms with E-state index in [4.69, 9.17) is 14.7 Å². The summed E-state index contributed by atoms with van der Waals surface area (Å²) in [7, 11) is 0. The highest BCUT2D eigenvalue weighted by Gasteiger charge is 2.26. The zero-order valence-electron chi connectivity index (χ0n) is 21.6. The number of piperazine rings is 1. The fourth-order valence-electron chi connectivity index (χ4n) is 4.98. The molecule has 1 aliphatic heterocycles. The average molecular weight is 522 g/mol. The molecule has 1 saturated heterocycles. The number of anilines is 1. The van der Waals surface area contributed by atoms with Crippen molar-refractivity contribution in [3.8, 4) is 22.6 Å². The van der Waals surface area contributed by atoms with Crippen molar-refractivity contribution >= 4 is 22.8 Å². The Kier molecular flexibility index (Phi) is 6.67. The van der Waals surface area contributed by atoms with Crippen LogP contribution in [0, 0.1) is 12.7 Å². The Morgan fingerprint density at radius 3 is 2.36 bits per heavy atom. The Morgan fingerprint density at radius 1 is 0.897 bits per heavy atom. The van der Waals surface area contributed by atoms with E-state index < -0.39 is 5.82 Å². The number of carbonyl (C=O) groups is 1. The van der Waals surface area contributed by atoms with E-state index >= 15 is 0 Å². The second-order valence-electron chi connectivity index (χ2n) is 9.60. The van der Waals surface area contributed by atoms with E-state index in [1.807, 2.05) is 18.2 Å². The van der Waals surface area contributed by atoms with E-state index in [1.54, 1.807) is 23.4 Å². The average Bonchev–Trinajstić information content (AvgIpc) is 3.37. The second-order valence-corrected chi connectivity index (χ2v) is 9.60. The van der Waals surface area contributed by atoms with Crippen molar-refractivity contribution in [3.63, 3.8) is 0 Å². The normalized spacial score (nSPS) is 13.6. The molecule has 0 N–H and O–H groups in total. The molecule has 1 aliphatic rings. The topological polar surface area (TPSA) is 63.5 Å². The molecule has 0 bridgehead atoms. The van der Waals surface area contributed by atoms with Gasteiger partial charge in [0.15, 0.2) is 23.8 Å². The summed E-state index contributed by atoms with van der Waals surface area (Å²) in [5.74, 6) is 0.287. The largest absolute Gasteiger partial charge is 0.481 e. The maximum absolute atomic E-state index is 13.9. The smallest absolute Gasteiger partial charge is 0.260 e. The van der Waals surface area contributed by atoms with Crippen molar-refractivity contribution in [1.29, 1.82) is 0 Å². The quantitative estimate of drug-likeness (QED) is 0.305. The molecule has 0 unspecified atom stereocenters. The van der Waals surface area contributed by atoms with Crippen LogP contribution in [0.1, 0.15) is 5.56 Å². The van der Waals surface area contributed by atoms with Gasteiger partial charge in [0.25, 0.3) is 5.91 Å². The van der Waals surface area contributed by atoms with Gasteiger partial charge in [-0.15, -0.1) is 0 Å². The van der Waals surface area contributed by atoms with Crippen molar-refractivity contribution in [1.82, 2.24) is 19.4 Å². The van der Waals surface area contributed by atoms with Crippen LogP contribution >= 0.6 is 0 Å². The van der Waals surface area contributed by atoms with Gasteiger partial charge in [0.1, 0.15) is 12.1 Å². The highest BCUT2D eigenvalue weighted by molar-refractivity contribution is 6.02. The van der Waals surface area contributed by atoms with Gasteiger partial charge in [0.05, 0.1) is 5.39 Å². The van der Waals surface area contributed by atoms with Crippen LogP contribution in [0.15, 0.2) is 91.4 Å². The van der Waals surface area contributed by atoms with Crippen molar-refractivity contribution < 1.29 is 13.9 Å². The van der Waals surface area contributed by atoms with Gasteiger partial charge in [-0.1, -0.05) is 60.2 Å². The van der Waals surface area contributed by atoms with Crippen molar-refractivity contribution in [2.24, 2.45) is 0 Å². The van der Waals surface area contributed by atoms with Gasteiger partial charge in [0, 0.05) is 43.6 Å². The third-order valence-electron chi connectivity index (χ3n) is 7.08. The number of amides is 1. The van der Waals surface area contributed by atoms with Gasteiger partial charge < -0.3 is 19.1 Å². The summed E-state index contributed by atoms with van der Waals surface area (Å²) in [4.78, 5) is 26.2. The first-order chi connectivity index (χ1) is 19.1. The molecule has 7 nitrogen and oxygen atoms in total. The summed E-state index contributed by atoms with van der Waals surface area (Å²) in [6.45, 7) is 4.14. The molecule has 5 aromatic rings. The maximum Gasteiger partial charge on any atom is 0.260 e. The summed E-state index contributed by atoms with van der Waals surface area (Å²) in [5, 5.41) is 0.979. The number of carbonyl (C=O) groups excluding carboxylic acids is 1. The molecular formula is C31H28FN5O2. The van der Waals surface area contributed by atoms with Crippen molar-refractivity contribution in [2.45, 2.75) is 6.92 Å². The minimum Gasteiger partial charge on any atom is -0.481 e. The Morgan fingerprint density at radius 2 is 1.62 bits per heavy atom. The fraction of sp³-hybridized carbons (Fsp3) is 0.194. The monoisotopic (exact) mass is 521 g/mol. The van der Waals surface area contributed by atoms with Gasteiger partial charge in [-0.05, 0) is 36.8 Å². The van der Waals surface area contributed by atoms with Crippen molar-refractivity contribution in [3.05, 3.63) is 103 Å². The molecule has 3 aromatic carbocycles. The van der Waals surface area contributed by atoms with E-state index in [9.17, 15) is 9.18 Å². The molecule has 196 valence electrons. The number of para-hydroxylation sites is 1. The molecule has 0 aliphatic carbocycles. The molecule has 1 amide bonds. The van der Waals surface area contributed by atoms with Crippen LogP contribution in [0.5, 0.6) is 5.75 Å². The summed E-state index contributed by atoms with van der Waals surface area (Å²) in [6.07, 6.45) is 3.74. The first kappa shape index (κ1) is 24.6. The maximum atomic E-state index is 13.9. The molecule has 6 rings (SSSR count). The standard InChI is InChI=1S/C31H28FN5O2/c1-22-11-13-24(14-12-22)37-19-25(23-7-3-2-4-8-23)29-30(33-21-34-31(29)37)36-17-15-35(16-18-36)28(38)20-39-27-10-6-5-9-26(27)32/h2-14,19,21H,15-18,20H2,1H3. The number of ether oxygens (including phenoxy) is 1. The lowest BCUT2D eigenvalue weighted by molar-refractivity contribution is -0.133. The molecule has 3 heterocycles.